The molecule has 108 valence electrons. The number of sulfonamides is 1. The SMILES string of the molecule is O=S(=O)(NCCC[NH+]1CCCCC1)c1ccc(Br)s1. The lowest BCUT2D eigenvalue weighted by Crippen LogP contribution is -3.12. The third-order valence-corrected chi connectivity index (χ3v) is 6.95. The van der Waals surface area contributed by atoms with Crippen LogP contribution in [0.4, 0.5) is 0 Å². The van der Waals surface area contributed by atoms with Gasteiger partial charge in [-0.3, -0.25) is 0 Å². The second-order valence-electron chi connectivity index (χ2n) is 4.87. The first kappa shape index (κ1) is 15.4. The highest BCUT2D eigenvalue weighted by Gasteiger charge is 2.17. The summed E-state index contributed by atoms with van der Waals surface area (Å²) in [5, 5.41) is 0. The van der Waals surface area contributed by atoms with E-state index in [2.05, 4.69) is 20.7 Å². The van der Waals surface area contributed by atoms with Crippen LogP contribution in [0.15, 0.2) is 20.1 Å². The van der Waals surface area contributed by atoms with Gasteiger partial charge in [-0.15, -0.1) is 11.3 Å². The van der Waals surface area contributed by atoms with Gasteiger partial charge in [0.25, 0.3) is 0 Å². The summed E-state index contributed by atoms with van der Waals surface area (Å²) in [6, 6.07) is 3.39. The van der Waals surface area contributed by atoms with Gasteiger partial charge in [0.05, 0.1) is 23.4 Å². The van der Waals surface area contributed by atoms with Gasteiger partial charge in [-0.25, -0.2) is 13.1 Å². The van der Waals surface area contributed by atoms with E-state index in [9.17, 15) is 8.42 Å². The number of thiophene rings is 1. The number of quaternary nitrogens is 1. The molecule has 4 nitrogen and oxygen atoms in total. The summed E-state index contributed by atoms with van der Waals surface area (Å²) in [6.45, 7) is 4.08. The van der Waals surface area contributed by atoms with Crippen LogP contribution in [-0.2, 0) is 10.0 Å². The maximum atomic E-state index is 12.0. The molecule has 0 bridgehead atoms. The topological polar surface area (TPSA) is 50.6 Å². The van der Waals surface area contributed by atoms with Crippen LogP contribution in [-0.4, -0.2) is 34.6 Å². The van der Waals surface area contributed by atoms with E-state index in [0.29, 0.717) is 10.8 Å². The van der Waals surface area contributed by atoms with Crippen molar-refractivity contribution >= 4 is 37.3 Å². The average Bonchev–Trinajstić information content (AvgIpc) is 2.84. The van der Waals surface area contributed by atoms with Crippen molar-refractivity contribution in [2.75, 3.05) is 26.2 Å². The molecule has 0 atom stereocenters. The quantitative estimate of drug-likeness (QED) is 0.743. The standard InChI is InChI=1S/C12H19BrN2O2S2/c13-11-5-6-12(18-11)19(16,17)14-7-4-10-15-8-2-1-3-9-15/h5-6,14H,1-4,7-10H2/p+1. The Kier molecular flexibility index (Phi) is 5.83. The molecule has 7 heteroatoms. The van der Waals surface area contributed by atoms with Crippen molar-refractivity contribution in [3.8, 4) is 0 Å². The minimum Gasteiger partial charge on any atom is -0.335 e. The number of likely N-dealkylation sites (tertiary alicyclic amines) is 1. The van der Waals surface area contributed by atoms with Crippen LogP contribution < -0.4 is 9.62 Å². The van der Waals surface area contributed by atoms with E-state index in [4.69, 9.17) is 0 Å². The van der Waals surface area contributed by atoms with E-state index < -0.39 is 10.0 Å². The molecule has 0 unspecified atom stereocenters. The first-order chi connectivity index (χ1) is 9.08. The van der Waals surface area contributed by atoms with E-state index in [1.54, 1.807) is 17.0 Å². The van der Waals surface area contributed by atoms with Gasteiger partial charge >= 0.3 is 0 Å². The molecule has 1 aliphatic rings. The van der Waals surface area contributed by atoms with Crippen molar-refractivity contribution in [3.63, 3.8) is 0 Å². The van der Waals surface area contributed by atoms with Gasteiger partial charge in [0.2, 0.25) is 10.0 Å². The van der Waals surface area contributed by atoms with E-state index in [1.165, 1.54) is 43.7 Å². The molecule has 1 aromatic heterocycles. The number of hydrogen-bond donors (Lipinski definition) is 2. The lowest BCUT2D eigenvalue weighted by molar-refractivity contribution is -0.904. The minimum atomic E-state index is -3.31. The summed E-state index contributed by atoms with van der Waals surface area (Å²) in [5.41, 5.74) is 0. The maximum absolute atomic E-state index is 12.0. The fourth-order valence-electron chi connectivity index (χ4n) is 2.36. The molecule has 19 heavy (non-hydrogen) atoms. The van der Waals surface area contributed by atoms with Crippen molar-refractivity contribution in [2.24, 2.45) is 0 Å². The average molecular weight is 368 g/mol. The lowest BCUT2D eigenvalue weighted by atomic mass is 10.1. The highest BCUT2D eigenvalue weighted by Crippen LogP contribution is 2.25. The second-order valence-corrected chi connectivity index (χ2v) is 9.33. The van der Waals surface area contributed by atoms with Crippen molar-refractivity contribution in [2.45, 2.75) is 29.9 Å². The molecule has 0 saturated carbocycles. The van der Waals surface area contributed by atoms with Crippen molar-refractivity contribution in [1.29, 1.82) is 0 Å². The summed E-state index contributed by atoms with van der Waals surface area (Å²) in [5.74, 6) is 0. The molecule has 1 aromatic rings. The Morgan fingerprint density at radius 3 is 2.63 bits per heavy atom. The lowest BCUT2D eigenvalue weighted by Gasteiger charge is -2.23. The molecule has 1 aliphatic heterocycles. The molecule has 0 aliphatic carbocycles. The fraction of sp³-hybridized carbons (Fsp3) is 0.667. The highest BCUT2D eigenvalue weighted by molar-refractivity contribution is 9.11. The van der Waals surface area contributed by atoms with Gasteiger partial charge in [0, 0.05) is 13.0 Å². The first-order valence-electron chi connectivity index (χ1n) is 6.66. The fourth-order valence-corrected chi connectivity index (χ4v) is 5.49. The van der Waals surface area contributed by atoms with E-state index in [0.717, 1.165) is 16.8 Å². The van der Waals surface area contributed by atoms with Crippen LogP contribution in [0.3, 0.4) is 0 Å². The van der Waals surface area contributed by atoms with Crippen molar-refractivity contribution in [1.82, 2.24) is 4.72 Å². The van der Waals surface area contributed by atoms with Gasteiger partial charge in [-0.1, -0.05) is 0 Å². The Hall–Kier alpha value is 0.0500. The Balaban J connectivity index is 1.72. The predicted molar refractivity (Wildman–Crippen MR) is 81.2 cm³/mol. The summed E-state index contributed by atoms with van der Waals surface area (Å²) >= 11 is 4.52. The number of halogens is 1. The smallest absolute Gasteiger partial charge is 0.250 e. The number of nitrogens with one attached hydrogen (secondary N) is 2. The first-order valence-corrected chi connectivity index (χ1v) is 9.76. The molecular formula is C12H20BrN2O2S2+. The zero-order chi connectivity index (χ0) is 13.7. The largest absolute Gasteiger partial charge is 0.335 e. The Bertz CT molecular complexity index is 496. The molecule has 0 amide bonds. The molecule has 2 N–H and O–H groups in total. The molecule has 1 saturated heterocycles. The van der Waals surface area contributed by atoms with E-state index >= 15 is 0 Å². The summed E-state index contributed by atoms with van der Waals surface area (Å²) < 4.78 is 27.8. The van der Waals surface area contributed by atoms with Gasteiger partial charge in [-0.05, 0) is 47.3 Å². The zero-order valence-electron chi connectivity index (χ0n) is 10.8. The van der Waals surface area contributed by atoms with Crippen molar-refractivity contribution in [3.05, 3.63) is 15.9 Å². The summed E-state index contributed by atoms with van der Waals surface area (Å²) in [7, 11) is -3.31. The zero-order valence-corrected chi connectivity index (χ0v) is 14.0. The van der Waals surface area contributed by atoms with Crippen LogP contribution in [0.2, 0.25) is 0 Å². The van der Waals surface area contributed by atoms with Crippen LogP contribution in [0.25, 0.3) is 0 Å². The number of piperidine rings is 1. The monoisotopic (exact) mass is 367 g/mol. The third-order valence-electron chi connectivity index (χ3n) is 3.37. The van der Waals surface area contributed by atoms with Gasteiger partial charge < -0.3 is 4.90 Å². The molecule has 0 aromatic carbocycles. The summed E-state index contributed by atoms with van der Waals surface area (Å²) in [6.07, 6.45) is 4.87. The normalized spacial score (nSPS) is 17.7. The minimum absolute atomic E-state index is 0.379. The Morgan fingerprint density at radius 1 is 1.26 bits per heavy atom. The Morgan fingerprint density at radius 2 is 2.00 bits per heavy atom. The van der Waals surface area contributed by atoms with E-state index in [-0.39, 0.29) is 0 Å². The summed E-state index contributed by atoms with van der Waals surface area (Å²) in [4.78, 5) is 1.62. The molecule has 0 spiro atoms. The van der Waals surface area contributed by atoms with Crippen molar-refractivity contribution < 1.29 is 13.3 Å². The molecule has 2 heterocycles. The van der Waals surface area contributed by atoms with Crippen LogP contribution in [0.1, 0.15) is 25.7 Å². The maximum Gasteiger partial charge on any atom is 0.250 e. The Labute approximate surface area is 127 Å². The predicted octanol–water partition coefficient (Wildman–Crippen LogP) is 1.25. The molecule has 1 fully saturated rings. The molecular weight excluding hydrogens is 348 g/mol. The van der Waals surface area contributed by atoms with Crippen LogP contribution in [0.5, 0.6) is 0 Å². The third kappa shape index (κ3) is 4.82. The van der Waals surface area contributed by atoms with Gasteiger partial charge in [-0.2, -0.15) is 0 Å². The van der Waals surface area contributed by atoms with Gasteiger partial charge in [0.15, 0.2) is 0 Å². The van der Waals surface area contributed by atoms with Crippen LogP contribution >= 0.6 is 27.3 Å². The second kappa shape index (κ2) is 7.17. The highest BCUT2D eigenvalue weighted by atomic mass is 79.9. The number of rotatable bonds is 6. The van der Waals surface area contributed by atoms with E-state index in [1.807, 2.05) is 0 Å². The van der Waals surface area contributed by atoms with Gasteiger partial charge in [0.1, 0.15) is 4.21 Å². The van der Waals surface area contributed by atoms with Crippen LogP contribution in [0, 0.1) is 0 Å². The molecule has 0 radical (unpaired) electrons. The number of hydrogen-bond acceptors (Lipinski definition) is 3. The molecule has 2 rings (SSSR count).